The van der Waals surface area contributed by atoms with Crippen LogP contribution in [0.25, 0.3) is 0 Å². The molecule has 21 heavy (non-hydrogen) atoms. The minimum atomic E-state index is -0.585. The Bertz CT molecular complexity index is 526. The van der Waals surface area contributed by atoms with E-state index in [1.165, 1.54) is 0 Å². The number of hydrogen-bond acceptors (Lipinski definition) is 2. The molecular weight excluding hydrogens is 264 g/mol. The van der Waals surface area contributed by atoms with Gasteiger partial charge in [0.1, 0.15) is 0 Å². The van der Waals surface area contributed by atoms with Crippen molar-refractivity contribution in [3.8, 4) is 0 Å². The Labute approximate surface area is 126 Å². The van der Waals surface area contributed by atoms with Gasteiger partial charge < -0.3 is 10.6 Å². The highest BCUT2D eigenvalue weighted by molar-refractivity contribution is 6.39. The lowest BCUT2D eigenvalue weighted by atomic mass is 9.86. The van der Waals surface area contributed by atoms with Crippen LogP contribution >= 0.6 is 0 Å². The first-order valence-corrected chi connectivity index (χ1v) is 7.59. The maximum Gasteiger partial charge on any atom is 0.313 e. The second-order valence-corrected chi connectivity index (χ2v) is 6.70. The number of nitrogens with one attached hydrogen (secondary N) is 2. The van der Waals surface area contributed by atoms with E-state index in [2.05, 4.69) is 31.4 Å². The summed E-state index contributed by atoms with van der Waals surface area (Å²) in [6, 6.07) is 7.77. The number of benzene rings is 1. The van der Waals surface area contributed by atoms with Gasteiger partial charge in [-0.25, -0.2) is 0 Å². The van der Waals surface area contributed by atoms with E-state index in [0.717, 1.165) is 31.2 Å². The summed E-state index contributed by atoms with van der Waals surface area (Å²) < 4.78 is 0. The molecule has 0 spiro atoms. The summed E-state index contributed by atoms with van der Waals surface area (Å²) in [5.74, 6) is -1.12. The SMILES string of the molecule is CC(C)(C)c1ccccc1NC(=O)C(=O)NC1CCCC1. The van der Waals surface area contributed by atoms with E-state index >= 15 is 0 Å². The first kappa shape index (κ1) is 15.5. The van der Waals surface area contributed by atoms with Crippen LogP contribution in [0.4, 0.5) is 5.69 Å². The molecule has 2 N–H and O–H groups in total. The zero-order valence-corrected chi connectivity index (χ0v) is 13.0. The molecular formula is C17H24N2O2. The van der Waals surface area contributed by atoms with Gasteiger partial charge in [-0.15, -0.1) is 0 Å². The fraction of sp³-hybridized carbons (Fsp3) is 0.529. The smallest absolute Gasteiger partial charge is 0.313 e. The van der Waals surface area contributed by atoms with E-state index in [1.54, 1.807) is 0 Å². The Morgan fingerprint density at radius 2 is 1.67 bits per heavy atom. The fourth-order valence-electron chi connectivity index (χ4n) is 2.75. The average Bonchev–Trinajstić information content (AvgIpc) is 2.91. The van der Waals surface area contributed by atoms with Gasteiger partial charge in [0.15, 0.2) is 0 Å². The molecule has 0 aromatic heterocycles. The third kappa shape index (κ3) is 4.06. The van der Waals surface area contributed by atoms with Crippen LogP contribution in [0.3, 0.4) is 0 Å². The summed E-state index contributed by atoms with van der Waals surface area (Å²) in [5.41, 5.74) is 1.63. The van der Waals surface area contributed by atoms with Crippen molar-refractivity contribution in [3.63, 3.8) is 0 Å². The Morgan fingerprint density at radius 3 is 2.29 bits per heavy atom. The second kappa shape index (κ2) is 6.29. The Morgan fingerprint density at radius 1 is 1.05 bits per heavy atom. The molecule has 1 aliphatic rings. The van der Waals surface area contributed by atoms with E-state index in [0.29, 0.717) is 5.69 Å². The molecule has 2 amide bonds. The van der Waals surface area contributed by atoms with Crippen LogP contribution in [-0.4, -0.2) is 17.9 Å². The van der Waals surface area contributed by atoms with Gasteiger partial charge in [-0.3, -0.25) is 9.59 Å². The van der Waals surface area contributed by atoms with Crippen LogP contribution in [0.15, 0.2) is 24.3 Å². The first-order chi connectivity index (χ1) is 9.88. The summed E-state index contributed by atoms with van der Waals surface area (Å²) in [5, 5.41) is 5.55. The zero-order valence-electron chi connectivity index (χ0n) is 13.0. The lowest BCUT2D eigenvalue weighted by Crippen LogP contribution is -2.40. The van der Waals surface area contributed by atoms with Crippen molar-refractivity contribution in [2.24, 2.45) is 0 Å². The summed E-state index contributed by atoms with van der Waals surface area (Å²) >= 11 is 0. The van der Waals surface area contributed by atoms with Gasteiger partial charge >= 0.3 is 11.8 Å². The molecule has 0 unspecified atom stereocenters. The minimum Gasteiger partial charge on any atom is -0.345 e. The fourth-order valence-corrected chi connectivity index (χ4v) is 2.75. The zero-order chi connectivity index (χ0) is 15.5. The number of anilines is 1. The van der Waals surface area contributed by atoms with Gasteiger partial charge in [0.05, 0.1) is 0 Å². The molecule has 0 atom stereocenters. The van der Waals surface area contributed by atoms with Crippen molar-refractivity contribution in [1.29, 1.82) is 0 Å². The quantitative estimate of drug-likeness (QED) is 0.822. The molecule has 1 fully saturated rings. The number of amides is 2. The van der Waals surface area contributed by atoms with E-state index in [9.17, 15) is 9.59 Å². The number of carbonyl (C=O) groups is 2. The van der Waals surface area contributed by atoms with Gasteiger partial charge in [-0.1, -0.05) is 51.8 Å². The predicted octanol–water partition coefficient (Wildman–Crippen LogP) is 2.98. The molecule has 0 radical (unpaired) electrons. The average molecular weight is 288 g/mol. The summed E-state index contributed by atoms with van der Waals surface area (Å²) in [7, 11) is 0. The molecule has 0 aliphatic heterocycles. The lowest BCUT2D eigenvalue weighted by Gasteiger charge is -2.23. The number of carbonyl (C=O) groups excluding carboxylic acids is 2. The molecule has 1 aromatic rings. The summed E-state index contributed by atoms with van der Waals surface area (Å²) in [4.78, 5) is 24.0. The maximum absolute atomic E-state index is 12.1. The third-order valence-electron chi connectivity index (χ3n) is 3.88. The predicted molar refractivity (Wildman–Crippen MR) is 84.2 cm³/mol. The first-order valence-electron chi connectivity index (χ1n) is 7.59. The van der Waals surface area contributed by atoms with E-state index in [4.69, 9.17) is 0 Å². The van der Waals surface area contributed by atoms with E-state index < -0.39 is 11.8 Å². The number of para-hydroxylation sites is 1. The molecule has 2 rings (SSSR count). The molecule has 0 bridgehead atoms. The van der Waals surface area contributed by atoms with Crippen LogP contribution in [0, 0.1) is 0 Å². The van der Waals surface area contributed by atoms with Gasteiger partial charge in [-0.05, 0) is 29.9 Å². The van der Waals surface area contributed by atoms with Crippen LogP contribution in [0.2, 0.25) is 0 Å². The van der Waals surface area contributed by atoms with Gasteiger partial charge in [0, 0.05) is 11.7 Å². The van der Waals surface area contributed by atoms with Crippen molar-refractivity contribution in [2.45, 2.75) is 57.9 Å². The monoisotopic (exact) mass is 288 g/mol. The molecule has 1 aromatic carbocycles. The maximum atomic E-state index is 12.1. The van der Waals surface area contributed by atoms with E-state index in [-0.39, 0.29) is 11.5 Å². The van der Waals surface area contributed by atoms with Crippen molar-refractivity contribution >= 4 is 17.5 Å². The normalized spacial score (nSPS) is 15.8. The second-order valence-electron chi connectivity index (χ2n) is 6.70. The van der Waals surface area contributed by atoms with Crippen molar-refractivity contribution < 1.29 is 9.59 Å². The standard InChI is InChI=1S/C17H24N2O2/c1-17(2,3)13-10-6-7-11-14(13)19-16(21)15(20)18-12-8-4-5-9-12/h6-7,10-12H,4-5,8-9H2,1-3H3,(H,18,20)(H,19,21). The van der Waals surface area contributed by atoms with Gasteiger partial charge in [0.25, 0.3) is 0 Å². The third-order valence-corrected chi connectivity index (χ3v) is 3.88. The van der Waals surface area contributed by atoms with Crippen molar-refractivity contribution in [1.82, 2.24) is 5.32 Å². The van der Waals surface area contributed by atoms with Crippen LogP contribution in [-0.2, 0) is 15.0 Å². The summed E-state index contributed by atoms with van der Waals surface area (Å²) in [6.45, 7) is 6.24. The Hall–Kier alpha value is -1.84. The summed E-state index contributed by atoms with van der Waals surface area (Å²) in [6.07, 6.45) is 4.19. The topological polar surface area (TPSA) is 58.2 Å². The molecule has 1 saturated carbocycles. The Balaban J connectivity index is 2.04. The van der Waals surface area contributed by atoms with Crippen molar-refractivity contribution in [2.75, 3.05) is 5.32 Å². The largest absolute Gasteiger partial charge is 0.345 e. The number of hydrogen-bond donors (Lipinski definition) is 2. The van der Waals surface area contributed by atoms with Gasteiger partial charge in [-0.2, -0.15) is 0 Å². The molecule has 4 nitrogen and oxygen atoms in total. The van der Waals surface area contributed by atoms with Crippen LogP contribution in [0.1, 0.15) is 52.0 Å². The van der Waals surface area contributed by atoms with Crippen LogP contribution in [0.5, 0.6) is 0 Å². The van der Waals surface area contributed by atoms with Crippen molar-refractivity contribution in [3.05, 3.63) is 29.8 Å². The Kier molecular flexibility index (Phi) is 4.66. The highest BCUT2D eigenvalue weighted by Crippen LogP contribution is 2.29. The molecule has 1 aliphatic carbocycles. The van der Waals surface area contributed by atoms with E-state index in [1.807, 2.05) is 24.3 Å². The highest BCUT2D eigenvalue weighted by atomic mass is 16.2. The lowest BCUT2D eigenvalue weighted by molar-refractivity contribution is -0.136. The number of rotatable bonds is 2. The highest BCUT2D eigenvalue weighted by Gasteiger charge is 2.23. The molecule has 114 valence electrons. The van der Waals surface area contributed by atoms with Crippen LogP contribution < -0.4 is 10.6 Å². The molecule has 0 heterocycles. The molecule has 0 saturated heterocycles. The minimum absolute atomic E-state index is 0.0915. The van der Waals surface area contributed by atoms with Gasteiger partial charge in [0.2, 0.25) is 0 Å². The molecule has 4 heteroatoms.